The highest BCUT2D eigenvalue weighted by molar-refractivity contribution is 5.74. The van der Waals surface area contributed by atoms with Crippen LogP contribution in [0.4, 0.5) is 4.79 Å². The van der Waals surface area contributed by atoms with Gasteiger partial charge in [-0.05, 0) is 40.5 Å². The average Bonchev–Trinajstić information content (AvgIpc) is 3.14. The fourth-order valence-corrected chi connectivity index (χ4v) is 0.908. The van der Waals surface area contributed by atoms with Crippen molar-refractivity contribution >= 4 is 12.1 Å². The Bertz CT molecular complexity index is 255. The number of alkyl carbamates (subject to hydrolysis) is 1. The number of amides is 1. The van der Waals surface area contributed by atoms with E-state index in [9.17, 15) is 9.59 Å². The van der Waals surface area contributed by atoms with Crippen LogP contribution in [0.3, 0.4) is 0 Å². The molecule has 0 heterocycles. The molecule has 0 aromatic rings. The highest BCUT2D eigenvalue weighted by Crippen LogP contribution is 2.29. The highest BCUT2D eigenvalue weighted by atomic mass is 16.6. The molecule has 5 heteroatoms. The molecule has 1 rings (SSSR count). The van der Waals surface area contributed by atoms with Gasteiger partial charge in [-0.15, -0.1) is 0 Å². The summed E-state index contributed by atoms with van der Waals surface area (Å²) in [5, 5.41) is 2.36. The van der Waals surface area contributed by atoms with Gasteiger partial charge in [-0.1, -0.05) is 13.8 Å². The number of ether oxygens (including phenoxy) is 2. The molecule has 1 saturated carbocycles. The molecule has 0 aromatic carbocycles. The Kier molecular flexibility index (Phi) is 11.2. The van der Waals surface area contributed by atoms with Gasteiger partial charge >= 0.3 is 12.1 Å². The predicted molar refractivity (Wildman–Crippen MR) is 76.0 cm³/mol. The molecule has 1 N–H and O–H groups in total. The molecular weight excluding hydrogens is 246 g/mol. The van der Waals surface area contributed by atoms with Crippen LogP contribution in [0, 0.1) is 5.92 Å². The normalized spacial score (nSPS) is 13.0. The summed E-state index contributed by atoms with van der Waals surface area (Å²) in [6.07, 6.45) is 1.69. The molecule has 0 radical (unpaired) electrons. The quantitative estimate of drug-likeness (QED) is 0.786. The van der Waals surface area contributed by atoms with Gasteiger partial charge in [0.25, 0.3) is 0 Å². The monoisotopic (exact) mass is 275 g/mol. The van der Waals surface area contributed by atoms with Crippen LogP contribution in [-0.2, 0) is 14.3 Å². The van der Waals surface area contributed by atoms with Crippen molar-refractivity contribution in [2.45, 2.75) is 60.0 Å². The summed E-state index contributed by atoms with van der Waals surface area (Å²) < 4.78 is 9.56. The Morgan fingerprint density at radius 2 is 1.68 bits per heavy atom. The lowest BCUT2D eigenvalue weighted by molar-refractivity contribution is -0.144. The maximum Gasteiger partial charge on any atom is 0.407 e. The Labute approximate surface area is 117 Å². The number of hydrogen-bond acceptors (Lipinski definition) is 4. The van der Waals surface area contributed by atoms with E-state index in [4.69, 9.17) is 9.47 Å². The first-order valence-corrected chi connectivity index (χ1v) is 6.87. The first-order chi connectivity index (χ1) is 8.80. The van der Waals surface area contributed by atoms with E-state index in [1.165, 1.54) is 7.05 Å². The van der Waals surface area contributed by atoms with E-state index in [-0.39, 0.29) is 23.6 Å². The van der Waals surface area contributed by atoms with E-state index in [2.05, 4.69) is 5.32 Å². The summed E-state index contributed by atoms with van der Waals surface area (Å²) in [6.45, 7) is 11.8. The molecule has 0 aliphatic heterocycles. The molecule has 114 valence electrons. The van der Waals surface area contributed by atoms with Crippen molar-refractivity contribution in [3.63, 3.8) is 0 Å². The summed E-state index contributed by atoms with van der Waals surface area (Å²) >= 11 is 0. The molecule has 0 bridgehead atoms. The van der Waals surface area contributed by atoms with Gasteiger partial charge in [-0.25, -0.2) is 4.79 Å². The van der Waals surface area contributed by atoms with Crippen LogP contribution in [0.25, 0.3) is 0 Å². The van der Waals surface area contributed by atoms with E-state index in [0.29, 0.717) is 6.61 Å². The second-order valence-electron chi connectivity index (χ2n) is 4.78. The fourth-order valence-electron chi connectivity index (χ4n) is 0.908. The number of nitrogens with one attached hydrogen (secondary N) is 1. The molecule has 0 saturated heterocycles. The first-order valence-electron chi connectivity index (χ1n) is 6.87. The number of carbonyl (C=O) groups is 2. The summed E-state index contributed by atoms with van der Waals surface area (Å²) in [7, 11) is 1.54. The fraction of sp³-hybridized carbons (Fsp3) is 0.857. The molecular formula is C14H29NO4. The molecule has 1 aliphatic rings. The van der Waals surface area contributed by atoms with Crippen molar-refractivity contribution in [2.75, 3.05) is 13.7 Å². The maximum atomic E-state index is 10.6. The van der Waals surface area contributed by atoms with Crippen molar-refractivity contribution in [1.82, 2.24) is 5.32 Å². The first kappa shape index (κ1) is 20.1. The average molecular weight is 275 g/mol. The largest absolute Gasteiger partial charge is 0.466 e. The predicted octanol–water partition coefficient (Wildman–Crippen LogP) is 3.13. The number of rotatable bonds is 2. The summed E-state index contributed by atoms with van der Waals surface area (Å²) in [6, 6.07) is 0. The van der Waals surface area contributed by atoms with E-state index >= 15 is 0 Å². The highest BCUT2D eigenvalue weighted by Gasteiger charge is 2.30. The van der Waals surface area contributed by atoms with Crippen molar-refractivity contribution < 1.29 is 19.1 Å². The minimum Gasteiger partial charge on any atom is -0.466 e. The molecule has 5 nitrogen and oxygen atoms in total. The minimum absolute atomic E-state index is 0.00694. The zero-order valence-corrected chi connectivity index (χ0v) is 13.3. The Morgan fingerprint density at radius 1 is 1.21 bits per heavy atom. The Balaban J connectivity index is 0. The van der Waals surface area contributed by atoms with Gasteiger partial charge in [0.15, 0.2) is 0 Å². The molecule has 0 spiro atoms. The SMILES string of the molecule is CC.CCOC(=O)C1CC1.CNC(=O)OC(C)(C)C. The second kappa shape index (κ2) is 10.6. The Morgan fingerprint density at radius 3 is 1.89 bits per heavy atom. The molecule has 0 unspecified atom stereocenters. The van der Waals surface area contributed by atoms with Crippen molar-refractivity contribution in [2.24, 2.45) is 5.92 Å². The topological polar surface area (TPSA) is 64.6 Å². The minimum atomic E-state index is -0.389. The van der Waals surface area contributed by atoms with Crippen LogP contribution in [0.15, 0.2) is 0 Å². The van der Waals surface area contributed by atoms with Gasteiger partial charge in [0.1, 0.15) is 5.60 Å². The van der Waals surface area contributed by atoms with Crippen molar-refractivity contribution in [3.05, 3.63) is 0 Å². The summed E-state index contributed by atoms with van der Waals surface area (Å²) in [5.74, 6) is 0.252. The van der Waals surface area contributed by atoms with Gasteiger partial charge in [-0.2, -0.15) is 0 Å². The van der Waals surface area contributed by atoms with Crippen LogP contribution in [0.5, 0.6) is 0 Å². The molecule has 1 aliphatic carbocycles. The number of esters is 1. The van der Waals surface area contributed by atoms with Crippen LogP contribution < -0.4 is 5.32 Å². The Hall–Kier alpha value is -1.26. The van der Waals surface area contributed by atoms with Crippen molar-refractivity contribution in [1.29, 1.82) is 0 Å². The third-order valence-corrected chi connectivity index (χ3v) is 1.80. The summed E-state index contributed by atoms with van der Waals surface area (Å²) in [5.41, 5.74) is -0.389. The van der Waals surface area contributed by atoms with Gasteiger partial charge in [0, 0.05) is 7.05 Å². The van der Waals surface area contributed by atoms with Gasteiger partial charge < -0.3 is 14.8 Å². The standard InChI is InChI=1S/C6H13NO2.C6H10O2.C2H6/c1-6(2,3)9-5(8)7-4;1-2-8-6(7)5-3-4-5;1-2/h1-4H3,(H,7,8);5H,2-4H2,1H3;1-2H3. The van der Waals surface area contributed by atoms with Crippen LogP contribution in [0.1, 0.15) is 54.4 Å². The van der Waals surface area contributed by atoms with Crippen LogP contribution in [-0.4, -0.2) is 31.3 Å². The van der Waals surface area contributed by atoms with Crippen LogP contribution >= 0.6 is 0 Å². The zero-order valence-electron chi connectivity index (χ0n) is 13.3. The lowest BCUT2D eigenvalue weighted by Gasteiger charge is -2.18. The summed E-state index contributed by atoms with van der Waals surface area (Å²) in [4.78, 5) is 21.1. The van der Waals surface area contributed by atoms with E-state index in [0.717, 1.165) is 12.8 Å². The third kappa shape index (κ3) is 14.7. The second-order valence-corrected chi connectivity index (χ2v) is 4.78. The van der Waals surface area contributed by atoms with E-state index < -0.39 is 0 Å². The zero-order chi connectivity index (χ0) is 15.5. The maximum absolute atomic E-state index is 10.6. The van der Waals surface area contributed by atoms with E-state index in [1.54, 1.807) is 0 Å². The van der Waals surface area contributed by atoms with Gasteiger partial charge in [0.2, 0.25) is 0 Å². The number of hydrogen-bond donors (Lipinski definition) is 1. The third-order valence-electron chi connectivity index (χ3n) is 1.80. The molecule has 1 fully saturated rings. The number of carbonyl (C=O) groups excluding carboxylic acids is 2. The lowest BCUT2D eigenvalue weighted by Crippen LogP contribution is -2.30. The smallest absolute Gasteiger partial charge is 0.407 e. The molecule has 0 aromatic heterocycles. The molecule has 1 amide bonds. The van der Waals surface area contributed by atoms with Gasteiger partial charge in [-0.3, -0.25) is 4.79 Å². The van der Waals surface area contributed by atoms with E-state index in [1.807, 2.05) is 41.5 Å². The van der Waals surface area contributed by atoms with Gasteiger partial charge in [0.05, 0.1) is 12.5 Å². The van der Waals surface area contributed by atoms with Crippen LogP contribution in [0.2, 0.25) is 0 Å². The van der Waals surface area contributed by atoms with Crippen molar-refractivity contribution in [3.8, 4) is 0 Å². The lowest BCUT2D eigenvalue weighted by atomic mass is 10.2. The molecule has 19 heavy (non-hydrogen) atoms. The molecule has 0 atom stereocenters.